The molecule has 264 valence electrons. The van der Waals surface area contributed by atoms with Crippen LogP contribution in [0.5, 0.6) is 51.7 Å². The second-order valence-electron chi connectivity index (χ2n) is 9.98. The van der Waals surface area contributed by atoms with Crippen molar-refractivity contribution in [2.75, 3.05) is 6.61 Å². The Kier molecular flexibility index (Phi) is 9.73. The summed E-state index contributed by atoms with van der Waals surface area (Å²) in [5.74, 6) is -17.4. The van der Waals surface area contributed by atoms with E-state index in [9.17, 15) is 79.0 Å². The lowest BCUT2D eigenvalue weighted by molar-refractivity contribution is -0.283. The van der Waals surface area contributed by atoms with Gasteiger partial charge in [0.1, 0.15) is 0 Å². The third kappa shape index (κ3) is 7.47. The van der Waals surface area contributed by atoms with Gasteiger partial charge in [-0.05, 0) is 36.4 Å². The van der Waals surface area contributed by atoms with E-state index < -0.39 is 134 Å². The summed E-state index contributed by atoms with van der Waals surface area (Å²) in [5, 5.41) is 109. The van der Waals surface area contributed by atoms with E-state index in [-0.39, 0.29) is 0 Å². The molecule has 4 atom stereocenters. The van der Waals surface area contributed by atoms with Gasteiger partial charge in [0, 0.05) is 6.42 Å². The van der Waals surface area contributed by atoms with Crippen molar-refractivity contribution in [1.29, 1.82) is 0 Å². The van der Waals surface area contributed by atoms with Gasteiger partial charge in [0.15, 0.2) is 57.8 Å². The molecule has 1 fully saturated rings. The normalized spacial score (nSPS) is 19.4. The zero-order valence-electron chi connectivity index (χ0n) is 24.0. The van der Waals surface area contributed by atoms with Crippen LogP contribution in [-0.4, -0.2) is 113 Å². The van der Waals surface area contributed by atoms with Crippen LogP contribution in [0.3, 0.4) is 0 Å². The van der Waals surface area contributed by atoms with Crippen LogP contribution in [0.15, 0.2) is 36.4 Å². The Hall–Kier alpha value is -5.94. The van der Waals surface area contributed by atoms with Crippen molar-refractivity contribution in [2.45, 2.75) is 30.7 Å². The summed E-state index contributed by atoms with van der Waals surface area (Å²) in [6, 6.07) is 3.56. The van der Waals surface area contributed by atoms with Gasteiger partial charge in [-0.25, -0.2) is 18.6 Å². The highest BCUT2D eigenvalue weighted by molar-refractivity contribution is 7.82. The number of hydrogen-bond donors (Lipinski definition) is 11. The first-order valence-electron chi connectivity index (χ1n) is 13.1. The van der Waals surface area contributed by atoms with Gasteiger partial charge in [0.2, 0.25) is 0 Å². The van der Waals surface area contributed by atoms with Crippen molar-refractivity contribution in [3.8, 4) is 51.7 Å². The molecular formula is C27H24O21S. The van der Waals surface area contributed by atoms with Crippen molar-refractivity contribution in [2.24, 2.45) is 0 Å². The number of carbonyl (C=O) groups is 3. The lowest BCUT2D eigenvalue weighted by atomic mass is 10.0. The second kappa shape index (κ2) is 13.3. The molecule has 0 radical (unpaired) electrons. The van der Waals surface area contributed by atoms with Crippen LogP contribution in [0.4, 0.5) is 0 Å². The Labute approximate surface area is 272 Å². The Morgan fingerprint density at radius 1 is 0.694 bits per heavy atom. The first-order chi connectivity index (χ1) is 22.7. The molecule has 49 heavy (non-hydrogen) atoms. The molecule has 21 nitrogen and oxygen atoms in total. The Bertz CT molecular complexity index is 1850. The maximum absolute atomic E-state index is 13.0. The Morgan fingerprint density at radius 3 is 1.51 bits per heavy atom. The molecule has 1 heterocycles. The van der Waals surface area contributed by atoms with Gasteiger partial charge in [-0.3, -0.25) is 0 Å². The van der Waals surface area contributed by atoms with Crippen LogP contribution in [0, 0.1) is 0 Å². The second-order valence-corrected chi connectivity index (χ2v) is 11.2. The molecule has 1 aliphatic rings. The predicted molar refractivity (Wildman–Crippen MR) is 150 cm³/mol. The predicted octanol–water partition coefficient (Wildman–Crippen LogP) is -0.666. The van der Waals surface area contributed by atoms with Gasteiger partial charge in [0.05, 0.1) is 29.4 Å². The number of aromatic hydroxyl groups is 9. The van der Waals surface area contributed by atoms with E-state index >= 15 is 0 Å². The number of hydrogen-bond acceptors (Lipinski definition) is 21. The number of aliphatic hydroxyl groups is 2. The van der Waals surface area contributed by atoms with E-state index in [4.69, 9.17) is 14.2 Å². The van der Waals surface area contributed by atoms with Crippen molar-refractivity contribution in [3.05, 3.63) is 53.1 Å². The SMILES string of the molecule is O=C(OCC[C@H](O)[C@H](OC(=O)c1cc(O)c(O)c(O)c1)[C@@]1(O)OS(=O)(=O)OC1OC(=O)c1cc(O)c(O)c(O)c1)c1cc(O)c(O)c(O)c1. The van der Waals surface area contributed by atoms with Crippen molar-refractivity contribution < 1.29 is 102 Å². The fourth-order valence-electron chi connectivity index (χ4n) is 4.14. The topological polar surface area (TPSA) is 354 Å². The largest absolute Gasteiger partial charge is 0.504 e. The smallest absolute Gasteiger partial charge is 0.406 e. The first-order valence-corrected chi connectivity index (χ1v) is 14.5. The Balaban J connectivity index is 1.65. The maximum Gasteiger partial charge on any atom is 0.406 e. The summed E-state index contributed by atoms with van der Waals surface area (Å²) in [6.45, 7) is -0.864. The number of phenols is 9. The van der Waals surface area contributed by atoms with Gasteiger partial charge in [-0.1, -0.05) is 0 Å². The minimum atomic E-state index is -5.37. The third-order valence-corrected chi connectivity index (χ3v) is 7.43. The molecule has 0 saturated carbocycles. The van der Waals surface area contributed by atoms with Crippen LogP contribution < -0.4 is 0 Å². The summed E-state index contributed by atoms with van der Waals surface area (Å²) in [7, 11) is -5.37. The number of esters is 3. The molecule has 0 aromatic heterocycles. The molecule has 3 aromatic rings. The van der Waals surface area contributed by atoms with Crippen LogP contribution >= 0.6 is 0 Å². The lowest BCUT2D eigenvalue weighted by Crippen LogP contribution is -2.58. The molecule has 0 spiro atoms. The van der Waals surface area contributed by atoms with Crippen molar-refractivity contribution in [3.63, 3.8) is 0 Å². The highest BCUT2D eigenvalue weighted by Crippen LogP contribution is 2.41. The first kappa shape index (κ1) is 35.9. The van der Waals surface area contributed by atoms with E-state index in [1.54, 1.807) is 0 Å². The molecule has 4 rings (SSSR count). The monoisotopic (exact) mass is 716 g/mol. The van der Waals surface area contributed by atoms with E-state index in [0.717, 1.165) is 0 Å². The number of rotatable bonds is 10. The fourth-order valence-corrected chi connectivity index (χ4v) is 5.08. The summed E-state index contributed by atoms with van der Waals surface area (Å²) >= 11 is 0. The third-order valence-electron chi connectivity index (χ3n) is 6.55. The van der Waals surface area contributed by atoms with Crippen LogP contribution in [0.2, 0.25) is 0 Å². The number of aliphatic hydroxyl groups excluding tert-OH is 1. The van der Waals surface area contributed by atoms with Gasteiger partial charge in [-0.2, -0.15) is 12.6 Å². The molecular weight excluding hydrogens is 692 g/mol. The van der Waals surface area contributed by atoms with Gasteiger partial charge >= 0.3 is 28.3 Å². The summed E-state index contributed by atoms with van der Waals surface area (Å²) in [6.07, 6.45) is -8.81. The van der Waals surface area contributed by atoms with Gasteiger partial charge < -0.3 is 70.4 Å². The molecule has 22 heteroatoms. The van der Waals surface area contributed by atoms with Crippen LogP contribution in [0.1, 0.15) is 37.5 Å². The number of ether oxygens (including phenoxy) is 3. The van der Waals surface area contributed by atoms with Gasteiger partial charge in [-0.15, -0.1) is 0 Å². The zero-order chi connectivity index (χ0) is 36.6. The highest BCUT2D eigenvalue weighted by atomic mass is 32.3. The summed E-state index contributed by atoms with van der Waals surface area (Å²) in [4.78, 5) is 38.2. The molecule has 11 N–H and O–H groups in total. The van der Waals surface area contributed by atoms with E-state index in [1.165, 1.54) is 0 Å². The van der Waals surface area contributed by atoms with Crippen molar-refractivity contribution >= 4 is 28.3 Å². The number of carbonyl (C=O) groups excluding carboxylic acids is 3. The van der Waals surface area contributed by atoms with Crippen LogP contribution in [0.25, 0.3) is 0 Å². The molecule has 1 saturated heterocycles. The molecule has 0 bridgehead atoms. The minimum Gasteiger partial charge on any atom is -0.504 e. The quantitative estimate of drug-likeness (QED) is 0.0704. The lowest BCUT2D eigenvalue weighted by Gasteiger charge is -2.34. The van der Waals surface area contributed by atoms with E-state index in [1.807, 2.05) is 0 Å². The van der Waals surface area contributed by atoms with Crippen molar-refractivity contribution in [1.82, 2.24) is 0 Å². The Morgan fingerprint density at radius 2 is 1.08 bits per heavy atom. The molecule has 1 unspecified atom stereocenters. The average molecular weight is 717 g/mol. The molecule has 3 aromatic carbocycles. The number of phenolic OH excluding ortho intramolecular Hbond substituents is 9. The highest BCUT2D eigenvalue weighted by Gasteiger charge is 2.63. The maximum atomic E-state index is 13.0. The zero-order valence-corrected chi connectivity index (χ0v) is 24.8. The van der Waals surface area contributed by atoms with Crippen LogP contribution in [-0.2, 0) is 33.0 Å². The molecule has 0 amide bonds. The molecule has 0 aliphatic carbocycles. The number of benzene rings is 3. The summed E-state index contributed by atoms with van der Waals surface area (Å²) < 4.78 is 48.3. The average Bonchev–Trinajstić information content (AvgIpc) is 3.26. The minimum absolute atomic E-state index is 0.507. The molecule has 1 aliphatic heterocycles. The summed E-state index contributed by atoms with van der Waals surface area (Å²) in [5.41, 5.74) is -2.06. The standard InChI is InChI=1S/C27H24O21S/c28-12(1-2-44-23(38)9-3-13(29)19(35)14(30)4-9)22(45-24(39)10-5-15(31)20(36)16(32)6-10)27(41)26(47-49(42,43)48-27)46-25(40)11-7-17(33)21(37)18(34)8-11/h3-8,12,22,26,28-37,41H,1-2H2/t12-,22-,26?,27+/m0/s1. The fraction of sp³-hybridized carbons (Fsp3) is 0.222. The van der Waals surface area contributed by atoms with E-state index in [2.05, 4.69) is 8.37 Å². The van der Waals surface area contributed by atoms with E-state index in [0.29, 0.717) is 36.4 Å². The van der Waals surface area contributed by atoms with Gasteiger partial charge in [0.25, 0.3) is 12.1 Å².